The number of aromatic nitrogens is 1. The number of carbonyl (C=O) groups is 2. The molecule has 1 aromatic carbocycles. The van der Waals surface area contributed by atoms with E-state index in [1.165, 1.54) is 21.3 Å². The zero-order chi connectivity index (χ0) is 24.2. The molecule has 2 atom stereocenters. The number of carbonyl (C=O) groups excluding carboxylic acids is 2. The van der Waals surface area contributed by atoms with Gasteiger partial charge in [0.2, 0.25) is 17.6 Å². The van der Waals surface area contributed by atoms with E-state index in [1.807, 2.05) is 15.5 Å². The Morgan fingerprint density at radius 2 is 1.74 bits per heavy atom. The molecule has 1 N–H and O–H groups in total. The van der Waals surface area contributed by atoms with E-state index in [4.69, 9.17) is 14.2 Å². The summed E-state index contributed by atoms with van der Waals surface area (Å²) in [6.07, 6.45) is 1.26. The maximum atomic E-state index is 12.9. The minimum atomic E-state index is -0.198. The van der Waals surface area contributed by atoms with Crippen LogP contribution in [-0.4, -0.2) is 55.7 Å². The maximum Gasteiger partial charge on any atom is 0.250 e. The van der Waals surface area contributed by atoms with Crippen LogP contribution in [0.1, 0.15) is 36.4 Å². The molecule has 1 fully saturated rings. The molecule has 0 spiro atoms. The number of benzene rings is 1. The number of piperidine rings is 1. The average Bonchev–Trinajstić information content (AvgIpc) is 2.85. The number of ether oxygens (including phenoxy) is 3. The van der Waals surface area contributed by atoms with Gasteiger partial charge in [0.25, 0.3) is 5.56 Å². The lowest BCUT2D eigenvalue weighted by atomic mass is 9.83. The first-order valence-electron chi connectivity index (χ1n) is 11.5. The molecular formula is C25H31N3O6. The molecule has 1 aromatic heterocycles. The van der Waals surface area contributed by atoms with Crippen LogP contribution in [0.5, 0.6) is 17.2 Å². The molecule has 2 aliphatic rings. The molecule has 2 aliphatic heterocycles. The first-order chi connectivity index (χ1) is 16.4. The predicted molar refractivity (Wildman–Crippen MR) is 125 cm³/mol. The van der Waals surface area contributed by atoms with Crippen molar-refractivity contribution < 1.29 is 23.8 Å². The van der Waals surface area contributed by atoms with Gasteiger partial charge < -0.3 is 29.0 Å². The molecule has 0 saturated carbocycles. The zero-order valence-electron chi connectivity index (χ0n) is 19.8. The van der Waals surface area contributed by atoms with Gasteiger partial charge in [-0.2, -0.15) is 0 Å². The first kappa shape index (κ1) is 23.7. The number of fused-ring (bicyclic) bond motifs is 4. The third kappa shape index (κ3) is 4.88. The highest BCUT2D eigenvalue weighted by atomic mass is 16.5. The molecule has 0 radical (unpaired) electrons. The number of pyridine rings is 1. The van der Waals surface area contributed by atoms with E-state index < -0.39 is 0 Å². The van der Waals surface area contributed by atoms with Gasteiger partial charge in [0, 0.05) is 56.7 Å². The third-order valence-corrected chi connectivity index (χ3v) is 6.61. The van der Waals surface area contributed by atoms with Gasteiger partial charge in [-0.15, -0.1) is 0 Å². The van der Waals surface area contributed by atoms with Gasteiger partial charge in [-0.25, -0.2) is 0 Å². The second kappa shape index (κ2) is 10.2. The molecule has 1 saturated heterocycles. The van der Waals surface area contributed by atoms with Crippen molar-refractivity contribution in [2.45, 2.75) is 38.3 Å². The number of likely N-dealkylation sites (tertiary alicyclic amines) is 1. The molecule has 2 aromatic rings. The van der Waals surface area contributed by atoms with Crippen molar-refractivity contribution in [3.8, 4) is 17.2 Å². The molecule has 3 heterocycles. The normalized spacial score (nSPS) is 18.6. The summed E-state index contributed by atoms with van der Waals surface area (Å²) >= 11 is 0. The van der Waals surface area contributed by atoms with E-state index >= 15 is 0 Å². The second-order valence-corrected chi connectivity index (χ2v) is 8.81. The number of methoxy groups -OCH3 is 3. The Bertz CT molecular complexity index is 1100. The number of rotatable bonds is 8. The van der Waals surface area contributed by atoms with Gasteiger partial charge in [-0.05, 0) is 36.1 Å². The van der Waals surface area contributed by atoms with Gasteiger partial charge in [-0.1, -0.05) is 6.07 Å². The molecular weight excluding hydrogens is 438 g/mol. The Hall–Kier alpha value is -3.49. The van der Waals surface area contributed by atoms with Crippen LogP contribution in [0, 0.1) is 5.92 Å². The number of nitrogens with one attached hydrogen (secondary N) is 1. The molecule has 2 amide bonds. The SMILES string of the molecule is COc1cc(CNC(=O)CCC(=O)N2C[C@H]3C[C@@H](C2)c2cccc(=O)n2C3)cc(OC)c1OC. The van der Waals surface area contributed by atoms with Crippen LogP contribution >= 0.6 is 0 Å². The number of hydrogen-bond acceptors (Lipinski definition) is 6. The summed E-state index contributed by atoms with van der Waals surface area (Å²) in [5, 5.41) is 2.86. The van der Waals surface area contributed by atoms with Crippen LogP contribution in [0.25, 0.3) is 0 Å². The number of amides is 2. The van der Waals surface area contributed by atoms with Gasteiger partial charge in [-0.3, -0.25) is 14.4 Å². The molecule has 2 bridgehead atoms. The summed E-state index contributed by atoms with van der Waals surface area (Å²) in [5.41, 5.74) is 1.83. The van der Waals surface area contributed by atoms with Crippen molar-refractivity contribution in [2.75, 3.05) is 34.4 Å². The fourth-order valence-corrected chi connectivity index (χ4v) is 5.01. The standard InChI is InChI=1S/C25H31N3O6/c1-32-20-10-16(11-21(33-2)25(20)34-3)12-26-22(29)7-8-23(30)27-13-17-9-18(15-27)19-5-4-6-24(31)28(19)14-17/h4-6,10-11,17-18H,7-9,12-15H2,1-3H3,(H,26,29)/t17-,18+/m1/s1. The molecule has 182 valence electrons. The summed E-state index contributed by atoms with van der Waals surface area (Å²) in [5.74, 6) is 1.73. The number of hydrogen-bond donors (Lipinski definition) is 1. The largest absolute Gasteiger partial charge is 0.493 e. The Balaban J connectivity index is 1.30. The van der Waals surface area contributed by atoms with Crippen LogP contribution < -0.4 is 25.1 Å². The van der Waals surface area contributed by atoms with Crippen molar-refractivity contribution in [3.63, 3.8) is 0 Å². The van der Waals surface area contributed by atoms with Crippen LogP contribution in [0.15, 0.2) is 35.1 Å². The zero-order valence-corrected chi connectivity index (χ0v) is 19.8. The highest BCUT2D eigenvalue weighted by molar-refractivity contribution is 5.84. The summed E-state index contributed by atoms with van der Waals surface area (Å²) in [6, 6.07) is 8.91. The van der Waals surface area contributed by atoms with Crippen LogP contribution in [0.4, 0.5) is 0 Å². The van der Waals surface area contributed by atoms with Crippen molar-refractivity contribution in [1.82, 2.24) is 14.8 Å². The van der Waals surface area contributed by atoms with E-state index in [2.05, 4.69) is 5.32 Å². The molecule has 0 aliphatic carbocycles. The van der Waals surface area contributed by atoms with Crippen LogP contribution in [0.3, 0.4) is 0 Å². The third-order valence-electron chi connectivity index (χ3n) is 6.61. The quantitative estimate of drug-likeness (QED) is 0.634. The van der Waals surface area contributed by atoms with Crippen molar-refractivity contribution >= 4 is 11.8 Å². The monoisotopic (exact) mass is 469 g/mol. The average molecular weight is 470 g/mol. The van der Waals surface area contributed by atoms with Gasteiger partial charge in [0.15, 0.2) is 11.5 Å². The summed E-state index contributed by atoms with van der Waals surface area (Å²) in [7, 11) is 4.61. The highest BCUT2D eigenvalue weighted by Gasteiger charge is 2.36. The summed E-state index contributed by atoms with van der Waals surface area (Å²) < 4.78 is 17.9. The van der Waals surface area contributed by atoms with Crippen molar-refractivity contribution in [1.29, 1.82) is 0 Å². The molecule has 4 rings (SSSR count). The molecule has 9 heteroatoms. The van der Waals surface area contributed by atoms with E-state index in [9.17, 15) is 14.4 Å². The van der Waals surface area contributed by atoms with Crippen LogP contribution in [-0.2, 0) is 22.7 Å². The molecule has 34 heavy (non-hydrogen) atoms. The second-order valence-electron chi connectivity index (χ2n) is 8.81. The van der Waals surface area contributed by atoms with E-state index in [-0.39, 0.29) is 48.6 Å². The maximum absolute atomic E-state index is 12.9. The lowest BCUT2D eigenvalue weighted by Gasteiger charge is -2.42. The van der Waals surface area contributed by atoms with Gasteiger partial charge >= 0.3 is 0 Å². The minimum absolute atomic E-state index is 0.0237. The van der Waals surface area contributed by atoms with Gasteiger partial charge in [0.05, 0.1) is 21.3 Å². The van der Waals surface area contributed by atoms with E-state index in [0.29, 0.717) is 36.9 Å². The predicted octanol–water partition coefficient (Wildman–Crippen LogP) is 1.92. The van der Waals surface area contributed by atoms with Crippen LogP contribution in [0.2, 0.25) is 0 Å². The van der Waals surface area contributed by atoms with E-state index in [0.717, 1.165) is 17.7 Å². The minimum Gasteiger partial charge on any atom is -0.493 e. The van der Waals surface area contributed by atoms with E-state index in [1.54, 1.807) is 24.3 Å². The lowest BCUT2D eigenvalue weighted by Crippen LogP contribution is -2.49. The Kier molecular flexibility index (Phi) is 7.09. The first-order valence-corrected chi connectivity index (χ1v) is 11.5. The Labute approximate surface area is 198 Å². The highest BCUT2D eigenvalue weighted by Crippen LogP contribution is 2.38. The van der Waals surface area contributed by atoms with Crippen molar-refractivity contribution in [2.24, 2.45) is 5.92 Å². The smallest absolute Gasteiger partial charge is 0.250 e. The van der Waals surface area contributed by atoms with Gasteiger partial charge in [0.1, 0.15) is 0 Å². The summed E-state index contributed by atoms with van der Waals surface area (Å²) in [4.78, 5) is 39.3. The lowest BCUT2D eigenvalue weighted by molar-refractivity contribution is -0.136. The molecule has 9 nitrogen and oxygen atoms in total. The Morgan fingerprint density at radius 3 is 2.41 bits per heavy atom. The topological polar surface area (TPSA) is 99.1 Å². The molecule has 0 unspecified atom stereocenters. The fourth-order valence-electron chi connectivity index (χ4n) is 5.01. The van der Waals surface area contributed by atoms with Crippen molar-refractivity contribution in [3.05, 3.63) is 51.9 Å². The summed E-state index contributed by atoms with van der Waals surface area (Å²) in [6.45, 7) is 2.14. The number of nitrogens with zero attached hydrogens (tertiary/aromatic N) is 2. The fraction of sp³-hybridized carbons (Fsp3) is 0.480. The Morgan fingerprint density at radius 1 is 1.00 bits per heavy atom.